The number of hydrogen-bond acceptors (Lipinski definition) is 4. The summed E-state index contributed by atoms with van der Waals surface area (Å²) in [5.74, 6) is 2.88. The molecule has 2 aliphatic heterocycles. The van der Waals surface area contributed by atoms with Crippen molar-refractivity contribution in [3.8, 4) is 0 Å². The molecule has 6 heteroatoms. The Kier molecular flexibility index (Phi) is 5.54. The Labute approximate surface area is 119 Å². The maximum atomic E-state index is 5.87. The lowest BCUT2D eigenvalue weighted by atomic mass is 9.96. The molecule has 0 aromatic heterocycles. The van der Waals surface area contributed by atoms with Gasteiger partial charge in [-0.05, 0) is 12.2 Å². The minimum absolute atomic E-state index is 0.176. The average molecular weight is 284 g/mol. The summed E-state index contributed by atoms with van der Waals surface area (Å²) in [6.45, 7) is 8.78. The number of nitrogens with one attached hydrogen (secondary N) is 1. The monoisotopic (exact) mass is 284 g/mol. The van der Waals surface area contributed by atoms with Crippen LogP contribution in [-0.2, 0) is 4.74 Å². The summed E-state index contributed by atoms with van der Waals surface area (Å²) in [5.41, 5.74) is 6.04. The average Bonchev–Trinajstić information content (AvgIpc) is 2.94. The van der Waals surface area contributed by atoms with Crippen molar-refractivity contribution in [2.45, 2.75) is 12.0 Å². The highest BCUT2D eigenvalue weighted by atomic mass is 32.2. The molecule has 108 valence electrons. The molecule has 1 atom stereocenters. The molecular weight excluding hydrogens is 260 g/mol. The second-order valence-electron chi connectivity index (χ2n) is 5.00. The van der Waals surface area contributed by atoms with E-state index in [1.807, 2.05) is 11.8 Å². The molecule has 0 spiro atoms. The van der Waals surface area contributed by atoms with Crippen LogP contribution >= 0.6 is 11.8 Å². The van der Waals surface area contributed by atoms with Crippen LogP contribution in [0.15, 0.2) is 17.6 Å². The molecule has 19 heavy (non-hydrogen) atoms. The molecule has 0 saturated carbocycles. The summed E-state index contributed by atoms with van der Waals surface area (Å²) in [6.07, 6.45) is 2.97. The summed E-state index contributed by atoms with van der Waals surface area (Å²) >= 11 is 2.02. The fraction of sp³-hybridized carbons (Fsp3) is 0.769. The summed E-state index contributed by atoms with van der Waals surface area (Å²) in [4.78, 5) is 7.07. The zero-order chi connectivity index (χ0) is 13.6. The normalized spacial score (nSPS) is 29.4. The molecule has 0 aliphatic carbocycles. The van der Waals surface area contributed by atoms with E-state index in [-0.39, 0.29) is 5.54 Å². The minimum Gasteiger partial charge on any atom is -0.379 e. The van der Waals surface area contributed by atoms with Crippen LogP contribution in [0.5, 0.6) is 0 Å². The van der Waals surface area contributed by atoms with Gasteiger partial charge in [-0.3, -0.25) is 9.89 Å². The molecule has 0 aromatic carbocycles. The van der Waals surface area contributed by atoms with E-state index >= 15 is 0 Å². The van der Waals surface area contributed by atoms with Crippen molar-refractivity contribution < 1.29 is 4.74 Å². The topological polar surface area (TPSA) is 62.9 Å². The standard InChI is InChI=1S/C13H24N4OS/c1-2-4-15-12(14)16-10-13(3-9-19-11-13)17-5-7-18-8-6-17/h2H,1,3-11H2,(H3,14,15,16). The van der Waals surface area contributed by atoms with Gasteiger partial charge in [-0.25, -0.2) is 0 Å². The number of thioether (sulfide) groups is 1. The van der Waals surface area contributed by atoms with E-state index in [4.69, 9.17) is 10.5 Å². The van der Waals surface area contributed by atoms with Crippen LogP contribution in [0.4, 0.5) is 0 Å². The first kappa shape index (κ1) is 14.7. The molecule has 2 aliphatic rings. The second-order valence-corrected chi connectivity index (χ2v) is 6.10. The molecule has 0 bridgehead atoms. The first-order valence-corrected chi connectivity index (χ1v) is 7.97. The first-order chi connectivity index (χ1) is 9.27. The summed E-state index contributed by atoms with van der Waals surface area (Å²) in [6, 6.07) is 0. The fourth-order valence-corrected chi connectivity index (χ4v) is 4.04. The predicted octanol–water partition coefficient (Wildman–Crippen LogP) is 0.285. The summed E-state index contributed by atoms with van der Waals surface area (Å²) < 4.78 is 5.45. The van der Waals surface area contributed by atoms with Crippen molar-refractivity contribution >= 4 is 17.7 Å². The number of nitrogens with two attached hydrogens (primary N) is 1. The lowest BCUT2D eigenvalue weighted by Gasteiger charge is -2.42. The van der Waals surface area contributed by atoms with Crippen molar-refractivity contribution in [2.75, 3.05) is 50.9 Å². The van der Waals surface area contributed by atoms with Crippen LogP contribution in [0, 0.1) is 0 Å². The van der Waals surface area contributed by atoms with Crippen LogP contribution in [-0.4, -0.2) is 67.3 Å². The number of ether oxygens (including phenoxy) is 1. The van der Waals surface area contributed by atoms with Gasteiger partial charge in [0.05, 0.1) is 25.3 Å². The van der Waals surface area contributed by atoms with E-state index in [0.717, 1.165) is 38.6 Å². The van der Waals surface area contributed by atoms with Crippen molar-refractivity contribution in [1.29, 1.82) is 0 Å². The number of rotatable bonds is 5. The third-order valence-electron chi connectivity index (χ3n) is 3.74. The zero-order valence-electron chi connectivity index (χ0n) is 11.4. The van der Waals surface area contributed by atoms with Crippen LogP contribution in [0.1, 0.15) is 6.42 Å². The summed E-state index contributed by atoms with van der Waals surface area (Å²) in [5, 5.41) is 3.04. The number of hydrogen-bond donors (Lipinski definition) is 2. The Hall–Kier alpha value is -0.720. The molecule has 0 radical (unpaired) electrons. The van der Waals surface area contributed by atoms with E-state index in [9.17, 15) is 0 Å². The molecule has 2 fully saturated rings. The highest BCUT2D eigenvalue weighted by Gasteiger charge is 2.40. The molecule has 3 N–H and O–H groups in total. The largest absolute Gasteiger partial charge is 0.379 e. The fourth-order valence-electron chi connectivity index (χ4n) is 2.57. The zero-order valence-corrected chi connectivity index (χ0v) is 12.3. The van der Waals surface area contributed by atoms with Crippen molar-refractivity contribution in [1.82, 2.24) is 10.2 Å². The molecule has 2 rings (SSSR count). The first-order valence-electron chi connectivity index (χ1n) is 6.82. The second kappa shape index (κ2) is 7.17. The van der Waals surface area contributed by atoms with Crippen LogP contribution < -0.4 is 11.1 Å². The molecular formula is C13H24N4OS. The van der Waals surface area contributed by atoms with Crippen molar-refractivity contribution in [2.24, 2.45) is 10.7 Å². The Morgan fingerprint density at radius 3 is 2.95 bits per heavy atom. The van der Waals surface area contributed by atoms with Gasteiger partial charge in [0.2, 0.25) is 0 Å². The number of nitrogens with zero attached hydrogens (tertiary/aromatic N) is 2. The van der Waals surface area contributed by atoms with E-state index < -0.39 is 0 Å². The smallest absolute Gasteiger partial charge is 0.188 e. The van der Waals surface area contributed by atoms with E-state index in [0.29, 0.717) is 12.5 Å². The van der Waals surface area contributed by atoms with Gasteiger partial charge in [-0.15, -0.1) is 6.58 Å². The number of morpholine rings is 1. The van der Waals surface area contributed by atoms with Gasteiger partial charge in [0.15, 0.2) is 5.96 Å². The molecule has 1 unspecified atom stereocenters. The van der Waals surface area contributed by atoms with E-state index in [2.05, 4.69) is 21.8 Å². The lowest BCUT2D eigenvalue weighted by molar-refractivity contribution is -0.0104. The van der Waals surface area contributed by atoms with Crippen LogP contribution in [0.25, 0.3) is 0 Å². The minimum atomic E-state index is 0.176. The highest BCUT2D eigenvalue weighted by molar-refractivity contribution is 7.99. The van der Waals surface area contributed by atoms with Gasteiger partial charge < -0.3 is 15.8 Å². The number of aliphatic imine (C=N–C) groups is 1. The third-order valence-corrected chi connectivity index (χ3v) is 4.97. The van der Waals surface area contributed by atoms with Gasteiger partial charge in [0.1, 0.15) is 0 Å². The maximum absolute atomic E-state index is 5.87. The lowest BCUT2D eigenvalue weighted by Crippen LogP contribution is -2.56. The maximum Gasteiger partial charge on any atom is 0.188 e. The van der Waals surface area contributed by atoms with Crippen LogP contribution in [0.2, 0.25) is 0 Å². The van der Waals surface area contributed by atoms with Crippen LogP contribution in [0.3, 0.4) is 0 Å². The van der Waals surface area contributed by atoms with Gasteiger partial charge in [-0.2, -0.15) is 11.8 Å². The van der Waals surface area contributed by atoms with Gasteiger partial charge in [0.25, 0.3) is 0 Å². The SMILES string of the molecule is C=CCNC(N)=NCC1(N2CCOCC2)CCSC1. The Bertz CT molecular complexity index is 323. The molecule has 0 amide bonds. The summed E-state index contributed by atoms with van der Waals surface area (Å²) in [7, 11) is 0. The molecule has 2 saturated heterocycles. The van der Waals surface area contributed by atoms with Crippen molar-refractivity contribution in [3.05, 3.63) is 12.7 Å². The van der Waals surface area contributed by atoms with E-state index in [1.54, 1.807) is 6.08 Å². The molecule has 0 aromatic rings. The van der Waals surface area contributed by atoms with Gasteiger partial charge in [-0.1, -0.05) is 6.08 Å². The number of guanidine groups is 1. The van der Waals surface area contributed by atoms with Gasteiger partial charge >= 0.3 is 0 Å². The molecule has 5 nitrogen and oxygen atoms in total. The van der Waals surface area contributed by atoms with E-state index in [1.165, 1.54) is 12.2 Å². The Morgan fingerprint density at radius 2 is 2.32 bits per heavy atom. The third kappa shape index (κ3) is 3.87. The molecule has 2 heterocycles. The quantitative estimate of drug-likeness (QED) is 0.431. The predicted molar refractivity (Wildman–Crippen MR) is 81.8 cm³/mol. The van der Waals surface area contributed by atoms with Crippen molar-refractivity contribution in [3.63, 3.8) is 0 Å². The highest BCUT2D eigenvalue weighted by Crippen LogP contribution is 2.34. The Morgan fingerprint density at radius 1 is 1.53 bits per heavy atom. The Balaban J connectivity index is 1.96. The van der Waals surface area contributed by atoms with Gasteiger partial charge in [0, 0.05) is 25.4 Å².